The molecule has 2 nitrogen and oxygen atoms in total. The second-order valence-electron chi connectivity index (χ2n) is 3.87. The third-order valence-electron chi connectivity index (χ3n) is 2.72. The maximum absolute atomic E-state index is 12.8. The highest BCUT2D eigenvalue weighted by Gasteiger charge is 2.32. The molecule has 1 aromatic carbocycles. The van der Waals surface area contributed by atoms with Gasteiger partial charge in [-0.05, 0) is 18.6 Å². The van der Waals surface area contributed by atoms with Crippen molar-refractivity contribution in [1.29, 1.82) is 0 Å². The Morgan fingerprint density at radius 3 is 2.50 bits per heavy atom. The monoisotopic (exact) mass is 253 g/mol. The highest BCUT2D eigenvalue weighted by Crippen LogP contribution is 2.33. The topological polar surface area (TPSA) is 30.0 Å². The van der Waals surface area contributed by atoms with Crippen LogP contribution in [0.3, 0.4) is 0 Å². The largest absolute Gasteiger partial charge is 0.417 e. The van der Waals surface area contributed by atoms with Gasteiger partial charge >= 0.3 is 6.18 Å². The molecule has 0 N–H and O–H groups in total. The molecule has 2 rings (SSSR count). The molecule has 0 spiro atoms. The van der Waals surface area contributed by atoms with Gasteiger partial charge in [0.2, 0.25) is 0 Å². The summed E-state index contributed by atoms with van der Waals surface area (Å²) in [5, 5.41) is -0.0539. The molecule has 0 saturated carbocycles. The molecule has 0 aliphatic carbocycles. The minimum absolute atomic E-state index is 0.0539. The third-order valence-corrected chi connectivity index (χ3v) is 2.72. The quantitative estimate of drug-likeness (QED) is 0.781. The van der Waals surface area contributed by atoms with Crippen molar-refractivity contribution >= 4 is 10.9 Å². The molecule has 0 atom stereocenters. The third kappa shape index (κ3) is 2.20. The number of rotatable bonds is 1. The fourth-order valence-corrected chi connectivity index (χ4v) is 1.78. The molecule has 0 saturated heterocycles. The zero-order valence-corrected chi connectivity index (χ0v) is 9.58. The summed E-state index contributed by atoms with van der Waals surface area (Å²) in [5.74, 6) is 0. The predicted octanol–water partition coefficient (Wildman–Crippen LogP) is 3.18. The van der Waals surface area contributed by atoms with Gasteiger partial charge in [-0.15, -0.1) is 0 Å². The van der Waals surface area contributed by atoms with Crippen molar-refractivity contribution in [2.45, 2.75) is 19.5 Å². The van der Waals surface area contributed by atoms with Gasteiger partial charge in [0.15, 0.2) is 0 Å². The summed E-state index contributed by atoms with van der Waals surface area (Å²) in [6, 6.07) is 6.37. The Bertz CT molecular complexity index is 650. The Kier molecular flexibility index (Phi) is 3.07. The van der Waals surface area contributed by atoms with Crippen LogP contribution >= 0.6 is 0 Å². The number of fused-ring (bicyclic) bond motifs is 1. The van der Waals surface area contributed by atoms with Crippen molar-refractivity contribution in [3.63, 3.8) is 0 Å². The lowest BCUT2D eigenvalue weighted by Gasteiger charge is -2.07. The lowest BCUT2D eigenvalue weighted by molar-refractivity contribution is -0.136. The molecule has 0 fully saturated rings. The number of alkyl halides is 3. The van der Waals surface area contributed by atoms with Crippen molar-refractivity contribution < 1.29 is 13.2 Å². The van der Waals surface area contributed by atoms with Crippen molar-refractivity contribution in [2.75, 3.05) is 0 Å². The first kappa shape index (κ1) is 12.5. The van der Waals surface area contributed by atoms with E-state index in [0.29, 0.717) is 12.0 Å². The number of benzene rings is 1. The average molecular weight is 253 g/mol. The molecule has 0 aliphatic heterocycles. The van der Waals surface area contributed by atoms with Gasteiger partial charge in [-0.1, -0.05) is 25.1 Å². The molecule has 5 heteroatoms. The minimum Gasteiger partial charge on any atom is -0.267 e. The van der Waals surface area contributed by atoms with E-state index in [1.807, 2.05) is 0 Å². The van der Waals surface area contributed by atoms with Crippen molar-refractivity contribution in [3.05, 3.63) is 51.8 Å². The average Bonchev–Trinajstić information content (AvgIpc) is 2.45. The molecular formula is C13H10F3NO. The summed E-state index contributed by atoms with van der Waals surface area (Å²) in [4.78, 5) is 15.4. The van der Waals surface area contributed by atoms with Crippen LogP contribution in [-0.2, 0) is 12.6 Å². The maximum atomic E-state index is 12.8. The van der Waals surface area contributed by atoms with E-state index < -0.39 is 17.3 Å². The van der Waals surface area contributed by atoms with Gasteiger partial charge in [0, 0.05) is 10.9 Å². The summed E-state index contributed by atoms with van der Waals surface area (Å²) in [5.41, 5.74) is -0.786. The molecule has 18 heavy (non-hydrogen) atoms. The van der Waals surface area contributed by atoms with E-state index in [9.17, 15) is 18.0 Å². The number of hydrogen-bond acceptors (Lipinski definition) is 2. The summed E-state index contributed by atoms with van der Waals surface area (Å²) < 4.78 is 38.5. The SMILES string of the molecule is CCc1ccc2c(C(F)(F)F)cccc2nc1=O. The molecule has 0 bridgehead atoms. The van der Waals surface area contributed by atoms with Crippen molar-refractivity contribution in [3.8, 4) is 0 Å². The Hall–Kier alpha value is -1.91. The molecule has 94 valence electrons. The van der Waals surface area contributed by atoms with E-state index in [2.05, 4.69) is 4.98 Å². The first-order valence-electron chi connectivity index (χ1n) is 5.43. The van der Waals surface area contributed by atoms with E-state index in [-0.39, 0.29) is 10.9 Å². The van der Waals surface area contributed by atoms with E-state index in [1.54, 1.807) is 6.92 Å². The van der Waals surface area contributed by atoms with E-state index in [0.717, 1.165) is 6.07 Å². The number of aryl methyl sites for hydroxylation is 1. The molecule has 0 unspecified atom stereocenters. The molecule has 0 amide bonds. The van der Waals surface area contributed by atoms with E-state index in [1.165, 1.54) is 24.3 Å². The number of aromatic nitrogens is 1. The fourth-order valence-electron chi connectivity index (χ4n) is 1.78. The Labute approximate surface area is 101 Å². The minimum atomic E-state index is -4.45. The lowest BCUT2D eigenvalue weighted by atomic mass is 10.1. The second-order valence-corrected chi connectivity index (χ2v) is 3.87. The fraction of sp³-hybridized carbons (Fsp3) is 0.231. The van der Waals surface area contributed by atoms with Crippen molar-refractivity contribution in [1.82, 2.24) is 4.98 Å². The van der Waals surface area contributed by atoms with Gasteiger partial charge in [0.1, 0.15) is 0 Å². The van der Waals surface area contributed by atoms with Gasteiger partial charge in [-0.25, -0.2) is 4.98 Å². The summed E-state index contributed by atoms with van der Waals surface area (Å²) in [7, 11) is 0. The predicted molar refractivity (Wildman–Crippen MR) is 62.4 cm³/mol. The number of nitrogens with zero attached hydrogens (tertiary/aromatic N) is 1. The first-order chi connectivity index (χ1) is 8.43. The van der Waals surface area contributed by atoms with Crippen LogP contribution in [-0.4, -0.2) is 4.98 Å². The van der Waals surface area contributed by atoms with Gasteiger partial charge < -0.3 is 0 Å². The smallest absolute Gasteiger partial charge is 0.267 e. The summed E-state index contributed by atoms with van der Waals surface area (Å²) in [6.07, 6.45) is -4.01. The van der Waals surface area contributed by atoms with Gasteiger partial charge in [-0.2, -0.15) is 13.2 Å². The summed E-state index contributed by atoms with van der Waals surface area (Å²) >= 11 is 0. The number of halogens is 3. The standard InChI is InChI=1S/C13H10F3NO/c1-2-8-6-7-9-10(13(14,15)16)4-3-5-11(9)17-12(8)18/h3-7H,2H2,1H3. The molecule has 1 aromatic heterocycles. The van der Waals surface area contributed by atoms with Crippen LogP contribution in [0.15, 0.2) is 35.1 Å². The van der Waals surface area contributed by atoms with E-state index in [4.69, 9.17) is 0 Å². The lowest BCUT2D eigenvalue weighted by Crippen LogP contribution is -2.08. The van der Waals surface area contributed by atoms with Crippen LogP contribution in [0.5, 0.6) is 0 Å². The first-order valence-corrected chi connectivity index (χ1v) is 5.43. The highest BCUT2D eigenvalue weighted by atomic mass is 19.4. The Balaban J connectivity index is 2.88. The molecule has 1 heterocycles. The normalized spacial score (nSPS) is 11.8. The van der Waals surface area contributed by atoms with Crippen molar-refractivity contribution in [2.24, 2.45) is 0 Å². The van der Waals surface area contributed by atoms with Crippen LogP contribution in [0.1, 0.15) is 18.1 Å². The molecule has 0 radical (unpaired) electrons. The summed E-state index contributed by atoms with van der Waals surface area (Å²) in [6.45, 7) is 1.76. The van der Waals surface area contributed by atoms with Gasteiger partial charge in [-0.3, -0.25) is 4.79 Å². The molecule has 0 aliphatic rings. The Morgan fingerprint density at radius 2 is 1.89 bits per heavy atom. The second kappa shape index (κ2) is 4.40. The zero-order chi connectivity index (χ0) is 13.3. The maximum Gasteiger partial charge on any atom is 0.417 e. The molecular weight excluding hydrogens is 243 g/mol. The van der Waals surface area contributed by atoms with Crippen LogP contribution in [0, 0.1) is 0 Å². The zero-order valence-electron chi connectivity index (χ0n) is 9.58. The van der Waals surface area contributed by atoms with Crippen LogP contribution in [0.25, 0.3) is 10.9 Å². The number of hydrogen-bond donors (Lipinski definition) is 0. The van der Waals surface area contributed by atoms with Crippen LogP contribution < -0.4 is 5.56 Å². The van der Waals surface area contributed by atoms with Gasteiger partial charge in [0.05, 0.1) is 11.1 Å². The van der Waals surface area contributed by atoms with Crippen LogP contribution in [0.4, 0.5) is 13.2 Å². The van der Waals surface area contributed by atoms with E-state index >= 15 is 0 Å². The Morgan fingerprint density at radius 1 is 1.17 bits per heavy atom. The van der Waals surface area contributed by atoms with Gasteiger partial charge in [0.25, 0.3) is 5.56 Å². The molecule has 2 aromatic rings. The highest BCUT2D eigenvalue weighted by molar-refractivity contribution is 5.82. The van der Waals surface area contributed by atoms with Crippen LogP contribution in [0.2, 0.25) is 0 Å².